The largest absolute Gasteiger partial charge is 0.493 e. The van der Waals surface area contributed by atoms with E-state index in [9.17, 15) is 9.18 Å². The molecule has 0 aliphatic carbocycles. The first-order valence-corrected chi connectivity index (χ1v) is 8.64. The van der Waals surface area contributed by atoms with Crippen molar-refractivity contribution in [2.75, 3.05) is 25.2 Å². The topological polar surface area (TPSA) is 69.7 Å². The van der Waals surface area contributed by atoms with Crippen LogP contribution in [-0.2, 0) is 13.6 Å². The van der Waals surface area contributed by atoms with Crippen molar-refractivity contribution in [1.29, 1.82) is 0 Å². The normalized spacial score (nSPS) is 13.3. The highest BCUT2D eigenvalue weighted by atomic mass is 19.1. The third-order valence-corrected chi connectivity index (χ3v) is 4.89. The molecular weight excluding hydrogens is 349 g/mol. The monoisotopic (exact) mass is 369 g/mol. The second-order valence-corrected chi connectivity index (χ2v) is 6.41. The number of carbonyl (C=O) groups excluding carboxylic acids is 1. The minimum absolute atomic E-state index is 0.114. The van der Waals surface area contributed by atoms with Gasteiger partial charge in [-0.25, -0.2) is 4.39 Å². The third-order valence-electron chi connectivity index (χ3n) is 4.89. The van der Waals surface area contributed by atoms with E-state index >= 15 is 0 Å². The number of fused-ring (bicyclic) bond motifs is 3. The van der Waals surface area contributed by atoms with E-state index in [0.29, 0.717) is 42.4 Å². The number of hydrogen-bond donors (Lipinski definition) is 1. The van der Waals surface area contributed by atoms with Crippen LogP contribution in [-0.4, -0.2) is 30.7 Å². The summed E-state index contributed by atoms with van der Waals surface area (Å²) in [5.41, 5.74) is 8.42. The molecule has 0 unspecified atom stereocenters. The summed E-state index contributed by atoms with van der Waals surface area (Å²) in [5, 5.41) is 0.759. The van der Waals surface area contributed by atoms with Crippen molar-refractivity contribution in [3.63, 3.8) is 0 Å². The predicted octanol–water partition coefficient (Wildman–Crippen LogP) is 2.82. The highest BCUT2D eigenvalue weighted by molar-refractivity contribution is 6.18. The Morgan fingerprint density at radius 2 is 2.00 bits per heavy atom. The number of rotatable bonds is 5. The quantitative estimate of drug-likeness (QED) is 0.751. The molecule has 1 aromatic heterocycles. The van der Waals surface area contributed by atoms with E-state index in [1.54, 1.807) is 30.2 Å². The molecule has 3 aromatic rings. The molecule has 27 heavy (non-hydrogen) atoms. The molecule has 1 aliphatic heterocycles. The molecule has 0 radical (unpaired) electrons. The first kappa shape index (κ1) is 17.4. The predicted molar refractivity (Wildman–Crippen MR) is 101 cm³/mol. The number of halogens is 1. The van der Waals surface area contributed by atoms with E-state index in [4.69, 9.17) is 15.2 Å². The lowest BCUT2D eigenvalue weighted by atomic mass is 10.1. The summed E-state index contributed by atoms with van der Waals surface area (Å²) in [7, 11) is 3.41. The molecule has 1 aliphatic rings. The number of benzene rings is 2. The average Bonchev–Trinajstić information content (AvgIpc) is 3.15. The molecule has 2 aromatic carbocycles. The van der Waals surface area contributed by atoms with Gasteiger partial charge in [0.1, 0.15) is 12.4 Å². The van der Waals surface area contributed by atoms with Crippen molar-refractivity contribution >= 4 is 22.5 Å². The molecule has 0 saturated carbocycles. The fraction of sp³-hybridized carbons (Fsp3) is 0.250. The molecule has 0 atom stereocenters. The van der Waals surface area contributed by atoms with Gasteiger partial charge in [-0.05, 0) is 30.3 Å². The maximum atomic E-state index is 13.6. The van der Waals surface area contributed by atoms with E-state index in [1.807, 2.05) is 17.7 Å². The number of methoxy groups -OCH3 is 1. The second-order valence-electron chi connectivity index (χ2n) is 6.41. The SMILES string of the molecule is COc1ccc(N2Cc3c(c4ccc(F)cc4n3C)C2=O)cc1OCCN. The lowest BCUT2D eigenvalue weighted by Gasteiger charge is -2.19. The van der Waals surface area contributed by atoms with Gasteiger partial charge in [0.25, 0.3) is 5.91 Å². The number of aromatic nitrogens is 1. The lowest BCUT2D eigenvalue weighted by Crippen LogP contribution is -2.24. The molecule has 0 fully saturated rings. The van der Waals surface area contributed by atoms with Crippen LogP contribution >= 0.6 is 0 Å². The zero-order valence-corrected chi connectivity index (χ0v) is 15.2. The van der Waals surface area contributed by atoms with Gasteiger partial charge in [-0.15, -0.1) is 0 Å². The third kappa shape index (κ3) is 2.71. The fourth-order valence-electron chi connectivity index (χ4n) is 3.57. The number of anilines is 1. The van der Waals surface area contributed by atoms with Crippen LogP contribution in [0.3, 0.4) is 0 Å². The van der Waals surface area contributed by atoms with E-state index in [0.717, 1.165) is 16.6 Å². The number of amides is 1. The van der Waals surface area contributed by atoms with Crippen molar-refractivity contribution in [3.05, 3.63) is 53.5 Å². The van der Waals surface area contributed by atoms with Crippen LogP contribution < -0.4 is 20.1 Å². The van der Waals surface area contributed by atoms with Gasteiger partial charge in [0.2, 0.25) is 0 Å². The van der Waals surface area contributed by atoms with Gasteiger partial charge in [-0.3, -0.25) is 4.79 Å². The molecule has 2 heterocycles. The Kier molecular flexibility index (Phi) is 4.24. The Morgan fingerprint density at radius 1 is 1.19 bits per heavy atom. The molecule has 4 rings (SSSR count). The Bertz CT molecular complexity index is 1040. The van der Waals surface area contributed by atoms with E-state index < -0.39 is 0 Å². The van der Waals surface area contributed by atoms with Crippen LogP contribution in [0, 0.1) is 5.82 Å². The van der Waals surface area contributed by atoms with Crippen LogP contribution in [0.5, 0.6) is 11.5 Å². The number of hydrogen-bond acceptors (Lipinski definition) is 4. The summed E-state index contributed by atoms with van der Waals surface area (Å²) in [6, 6.07) is 9.86. The molecule has 0 saturated heterocycles. The van der Waals surface area contributed by atoms with Gasteiger partial charge >= 0.3 is 0 Å². The number of nitrogens with zero attached hydrogens (tertiary/aromatic N) is 2. The Hall–Kier alpha value is -3.06. The number of aryl methyl sites for hydroxylation is 1. The zero-order chi connectivity index (χ0) is 19.1. The highest BCUT2D eigenvalue weighted by Gasteiger charge is 2.34. The van der Waals surface area contributed by atoms with Crippen molar-refractivity contribution in [2.24, 2.45) is 12.8 Å². The van der Waals surface area contributed by atoms with Crippen molar-refractivity contribution < 1.29 is 18.7 Å². The summed E-state index contributed by atoms with van der Waals surface area (Å²) in [6.45, 7) is 1.14. The van der Waals surface area contributed by atoms with E-state index in [1.165, 1.54) is 12.1 Å². The summed E-state index contributed by atoms with van der Waals surface area (Å²) in [4.78, 5) is 14.8. The van der Waals surface area contributed by atoms with Crippen LogP contribution in [0.25, 0.3) is 10.9 Å². The number of nitrogens with two attached hydrogens (primary N) is 1. The molecule has 2 N–H and O–H groups in total. The maximum absolute atomic E-state index is 13.6. The first-order valence-electron chi connectivity index (χ1n) is 8.64. The summed E-state index contributed by atoms with van der Waals surface area (Å²) in [5.74, 6) is 0.688. The maximum Gasteiger partial charge on any atom is 0.261 e. The average molecular weight is 369 g/mol. The zero-order valence-electron chi connectivity index (χ0n) is 15.2. The molecule has 6 nitrogen and oxygen atoms in total. The smallest absolute Gasteiger partial charge is 0.261 e. The van der Waals surface area contributed by atoms with Crippen LogP contribution in [0.1, 0.15) is 16.1 Å². The molecule has 1 amide bonds. The van der Waals surface area contributed by atoms with E-state index in [-0.39, 0.29) is 11.7 Å². The highest BCUT2D eigenvalue weighted by Crippen LogP contribution is 2.38. The minimum atomic E-state index is -0.317. The molecule has 0 spiro atoms. The van der Waals surface area contributed by atoms with Gasteiger partial charge < -0.3 is 24.7 Å². The summed E-state index contributed by atoms with van der Waals surface area (Å²) in [6.07, 6.45) is 0. The lowest BCUT2D eigenvalue weighted by molar-refractivity contribution is 0.0998. The van der Waals surface area contributed by atoms with E-state index in [2.05, 4.69) is 0 Å². The van der Waals surface area contributed by atoms with Gasteiger partial charge in [0, 0.05) is 30.7 Å². The van der Waals surface area contributed by atoms with Gasteiger partial charge in [-0.1, -0.05) is 0 Å². The van der Waals surface area contributed by atoms with Crippen LogP contribution in [0.2, 0.25) is 0 Å². The standard InChI is InChI=1S/C20H20FN3O3/c1-23-15-9-12(21)3-5-14(15)19-16(23)11-24(20(19)25)13-4-6-17(26-2)18(10-13)27-8-7-22/h3-6,9-10H,7-8,11,22H2,1-2H3. The second kappa shape index (κ2) is 6.59. The number of carbonyl (C=O) groups is 1. The van der Waals surface area contributed by atoms with Gasteiger partial charge in [-0.2, -0.15) is 0 Å². The minimum Gasteiger partial charge on any atom is -0.493 e. The first-order chi connectivity index (χ1) is 13.0. The molecular formula is C20H20FN3O3. The Balaban J connectivity index is 1.74. The molecule has 7 heteroatoms. The van der Waals surface area contributed by atoms with Crippen molar-refractivity contribution in [3.8, 4) is 11.5 Å². The summed E-state index contributed by atoms with van der Waals surface area (Å²) < 4.78 is 26.4. The van der Waals surface area contributed by atoms with Crippen LogP contribution in [0.15, 0.2) is 36.4 Å². The van der Waals surface area contributed by atoms with Crippen LogP contribution in [0.4, 0.5) is 10.1 Å². The Labute approximate surface area is 155 Å². The Morgan fingerprint density at radius 3 is 2.74 bits per heavy atom. The van der Waals surface area contributed by atoms with Crippen molar-refractivity contribution in [2.45, 2.75) is 6.54 Å². The van der Waals surface area contributed by atoms with Gasteiger partial charge in [0.05, 0.1) is 30.4 Å². The molecule has 0 bridgehead atoms. The van der Waals surface area contributed by atoms with Gasteiger partial charge in [0.15, 0.2) is 11.5 Å². The fourth-order valence-corrected chi connectivity index (χ4v) is 3.57. The number of ether oxygens (including phenoxy) is 2. The molecule has 140 valence electrons. The van der Waals surface area contributed by atoms with Crippen molar-refractivity contribution in [1.82, 2.24) is 4.57 Å². The summed E-state index contributed by atoms with van der Waals surface area (Å²) >= 11 is 0.